The van der Waals surface area contributed by atoms with E-state index in [2.05, 4.69) is 4.90 Å². The number of anilines is 1. The van der Waals surface area contributed by atoms with Gasteiger partial charge in [0.15, 0.2) is 0 Å². The Kier molecular flexibility index (Phi) is 5.87. The van der Waals surface area contributed by atoms with Gasteiger partial charge in [-0.25, -0.2) is 4.98 Å². The molecule has 2 aromatic carbocycles. The van der Waals surface area contributed by atoms with Crippen molar-refractivity contribution >= 4 is 22.9 Å². The van der Waals surface area contributed by atoms with Crippen LogP contribution in [0, 0.1) is 0 Å². The quantitative estimate of drug-likeness (QED) is 0.651. The van der Waals surface area contributed by atoms with Crippen LogP contribution in [0.4, 0.5) is 5.69 Å². The number of hydrogen-bond donors (Lipinski definition) is 1. The minimum atomic E-state index is -0.474. The lowest BCUT2D eigenvalue weighted by atomic mass is 10.1. The average Bonchev–Trinajstić information content (AvgIpc) is 3.29. The molecule has 1 aliphatic rings. The summed E-state index contributed by atoms with van der Waals surface area (Å²) in [5.41, 5.74) is 9.51. The molecule has 0 unspecified atom stereocenters. The maximum Gasteiger partial charge on any atom is 0.249 e. The molecule has 1 saturated heterocycles. The lowest BCUT2D eigenvalue weighted by Gasteiger charge is -2.29. The van der Waals surface area contributed by atoms with Crippen molar-refractivity contribution in [1.29, 1.82) is 0 Å². The topological polar surface area (TPSA) is 86.9 Å². The number of benzene rings is 2. The number of methoxy groups -OCH3 is 2. The third-order valence-electron chi connectivity index (χ3n) is 5.03. The van der Waals surface area contributed by atoms with Gasteiger partial charge in [0.05, 0.1) is 33.1 Å². The van der Waals surface area contributed by atoms with Gasteiger partial charge in [0.25, 0.3) is 0 Å². The van der Waals surface area contributed by atoms with E-state index in [-0.39, 0.29) is 0 Å². The van der Waals surface area contributed by atoms with Crippen LogP contribution in [0.1, 0.15) is 10.4 Å². The zero-order valence-corrected chi connectivity index (χ0v) is 17.7. The van der Waals surface area contributed by atoms with Gasteiger partial charge in [-0.05, 0) is 30.3 Å². The number of hydrogen-bond acceptors (Lipinski definition) is 7. The lowest BCUT2D eigenvalue weighted by Crippen LogP contribution is -2.36. The highest BCUT2D eigenvalue weighted by Crippen LogP contribution is 2.36. The van der Waals surface area contributed by atoms with Gasteiger partial charge in [0, 0.05) is 46.9 Å². The molecular formula is C22H23N3O4S. The summed E-state index contributed by atoms with van der Waals surface area (Å²) in [6, 6.07) is 11.3. The van der Waals surface area contributed by atoms with Crippen LogP contribution in [0.5, 0.6) is 11.5 Å². The molecule has 1 amide bonds. The molecule has 0 aliphatic carbocycles. The first-order valence-electron chi connectivity index (χ1n) is 9.55. The van der Waals surface area contributed by atoms with Crippen LogP contribution in [-0.2, 0) is 4.74 Å². The Hall–Kier alpha value is -3.10. The SMILES string of the molecule is COc1cc(OC)cc(-c2csc(-c3cc(N4CCOCC4)ccc3C(N)=O)n2)c1. The summed E-state index contributed by atoms with van der Waals surface area (Å²) in [5, 5.41) is 2.69. The third-order valence-corrected chi connectivity index (χ3v) is 5.90. The summed E-state index contributed by atoms with van der Waals surface area (Å²) in [5.74, 6) is 0.899. The van der Waals surface area contributed by atoms with Crippen LogP contribution < -0.4 is 20.1 Å². The number of primary amides is 1. The normalized spacial score (nSPS) is 13.9. The number of nitrogens with two attached hydrogens (primary N) is 1. The van der Waals surface area contributed by atoms with Gasteiger partial charge in [-0.1, -0.05) is 0 Å². The van der Waals surface area contributed by atoms with Gasteiger partial charge < -0.3 is 24.8 Å². The summed E-state index contributed by atoms with van der Waals surface area (Å²) in [6.07, 6.45) is 0. The molecule has 0 saturated carbocycles. The van der Waals surface area contributed by atoms with Gasteiger partial charge in [-0.2, -0.15) is 0 Å². The van der Waals surface area contributed by atoms with E-state index in [1.807, 2.05) is 35.7 Å². The first-order chi connectivity index (χ1) is 14.6. The molecular weight excluding hydrogens is 402 g/mol. The standard InChI is InChI=1S/C22H23N3O4S/c1-27-16-9-14(10-17(12-16)28-2)20-13-30-22(24-20)19-11-15(3-4-18(19)21(23)26)25-5-7-29-8-6-25/h3-4,9-13H,5-8H2,1-2H3,(H2,23,26). The number of carbonyl (C=O) groups excluding carboxylic acids is 1. The van der Waals surface area contributed by atoms with Crippen LogP contribution in [0.2, 0.25) is 0 Å². The number of aromatic nitrogens is 1. The monoisotopic (exact) mass is 425 g/mol. The van der Waals surface area contributed by atoms with E-state index in [0.29, 0.717) is 30.3 Å². The predicted molar refractivity (Wildman–Crippen MR) is 118 cm³/mol. The van der Waals surface area contributed by atoms with Crippen molar-refractivity contribution in [2.45, 2.75) is 0 Å². The molecule has 4 rings (SSSR count). The van der Waals surface area contributed by atoms with Crippen molar-refractivity contribution in [3.8, 4) is 33.3 Å². The van der Waals surface area contributed by atoms with E-state index in [9.17, 15) is 4.79 Å². The number of carbonyl (C=O) groups is 1. The molecule has 2 N–H and O–H groups in total. The van der Waals surface area contributed by atoms with Gasteiger partial charge in [0.1, 0.15) is 16.5 Å². The molecule has 0 spiro atoms. The highest BCUT2D eigenvalue weighted by atomic mass is 32.1. The molecule has 8 heteroatoms. The number of ether oxygens (including phenoxy) is 3. The molecule has 1 aliphatic heterocycles. The summed E-state index contributed by atoms with van der Waals surface area (Å²) in [4.78, 5) is 19.1. The number of morpholine rings is 1. The summed E-state index contributed by atoms with van der Waals surface area (Å²) < 4.78 is 16.2. The molecule has 0 radical (unpaired) electrons. The smallest absolute Gasteiger partial charge is 0.249 e. The minimum absolute atomic E-state index is 0.455. The fraction of sp³-hybridized carbons (Fsp3) is 0.273. The highest BCUT2D eigenvalue weighted by molar-refractivity contribution is 7.13. The van der Waals surface area contributed by atoms with Gasteiger partial charge in [-0.15, -0.1) is 11.3 Å². The number of amides is 1. The molecule has 3 aromatic rings. The van der Waals surface area contributed by atoms with E-state index >= 15 is 0 Å². The van der Waals surface area contributed by atoms with Crippen LogP contribution in [-0.4, -0.2) is 51.4 Å². The van der Waals surface area contributed by atoms with Gasteiger partial charge >= 0.3 is 0 Å². The molecule has 0 atom stereocenters. The Balaban J connectivity index is 1.74. The highest BCUT2D eigenvalue weighted by Gasteiger charge is 2.18. The first-order valence-corrected chi connectivity index (χ1v) is 10.4. The fourth-order valence-electron chi connectivity index (χ4n) is 3.43. The number of rotatable bonds is 6. The van der Waals surface area contributed by atoms with Crippen LogP contribution in [0.25, 0.3) is 21.8 Å². The summed E-state index contributed by atoms with van der Waals surface area (Å²) >= 11 is 1.47. The molecule has 2 heterocycles. The maximum absolute atomic E-state index is 12.1. The van der Waals surface area contributed by atoms with E-state index in [4.69, 9.17) is 24.9 Å². The van der Waals surface area contributed by atoms with Crippen molar-refractivity contribution in [1.82, 2.24) is 4.98 Å². The van der Waals surface area contributed by atoms with Crippen LogP contribution in [0.15, 0.2) is 41.8 Å². The minimum Gasteiger partial charge on any atom is -0.497 e. The number of nitrogens with zero attached hydrogens (tertiary/aromatic N) is 2. The van der Waals surface area contributed by atoms with Gasteiger partial charge in [0.2, 0.25) is 5.91 Å². The predicted octanol–water partition coefficient (Wildman–Crippen LogP) is 3.43. The number of thiazole rings is 1. The Morgan fingerprint density at radius 2 is 1.80 bits per heavy atom. The first kappa shape index (κ1) is 20.2. The van der Waals surface area contributed by atoms with Crippen molar-refractivity contribution in [3.63, 3.8) is 0 Å². The second kappa shape index (κ2) is 8.73. The molecule has 1 aromatic heterocycles. The Morgan fingerprint density at radius 1 is 1.10 bits per heavy atom. The lowest BCUT2D eigenvalue weighted by molar-refractivity contribution is 0.100. The third kappa shape index (κ3) is 4.10. The van der Waals surface area contributed by atoms with Gasteiger partial charge in [-0.3, -0.25) is 4.79 Å². The molecule has 156 valence electrons. The van der Waals surface area contributed by atoms with E-state index < -0.39 is 5.91 Å². The zero-order chi connectivity index (χ0) is 21.1. The second-order valence-electron chi connectivity index (χ2n) is 6.83. The van der Waals surface area contributed by atoms with Crippen molar-refractivity contribution < 1.29 is 19.0 Å². The molecule has 0 bridgehead atoms. The van der Waals surface area contributed by atoms with Crippen molar-refractivity contribution in [2.24, 2.45) is 5.73 Å². The Bertz CT molecular complexity index is 1040. The van der Waals surface area contributed by atoms with Crippen molar-refractivity contribution in [3.05, 3.63) is 47.3 Å². The maximum atomic E-state index is 12.1. The Labute approximate surface area is 179 Å². The Morgan fingerprint density at radius 3 is 2.43 bits per heavy atom. The largest absolute Gasteiger partial charge is 0.497 e. The zero-order valence-electron chi connectivity index (χ0n) is 16.9. The van der Waals surface area contributed by atoms with E-state index in [1.165, 1.54) is 11.3 Å². The second-order valence-corrected chi connectivity index (χ2v) is 7.69. The summed E-state index contributed by atoms with van der Waals surface area (Å²) in [6.45, 7) is 2.99. The molecule has 1 fully saturated rings. The van der Waals surface area contributed by atoms with E-state index in [0.717, 1.165) is 40.6 Å². The summed E-state index contributed by atoms with van der Waals surface area (Å²) in [7, 11) is 3.22. The fourth-order valence-corrected chi connectivity index (χ4v) is 4.29. The average molecular weight is 426 g/mol. The molecule has 7 nitrogen and oxygen atoms in total. The van der Waals surface area contributed by atoms with Crippen LogP contribution in [0.3, 0.4) is 0 Å². The van der Waals surface area contributed by atoms with Crippen molar-refractivity contribution in [2.75, 3.05) is 45.4 Å². The molecule has 30 heavy (non-hydrogen) atoms. The van der Waals surface area contributed by atoms with Crippen LogP contribution >= 0.6 is 11.3 Å². The van der Waals surface area contributed by atoms with E-state index in [1.54, 1.807) is 20.3 Å².